The van der Waals surface area contributed by atoms with E-state index in [-0.39, 0.29) is 36.5 Å². The van der Waals surface area contributed by atoms with E-state index in [0.29, 0.717) is 17.2 Å². The van der Waals surface area contributed by atoms with E-state index in [2.05, 4.69) is 0 Å². The van der Waals surface area contributed by atoms with Gasteiger partial charge in [0, 0.05) is 6.42 Å². The van der Waals surface area contributed by atoms with Crippen LogP contribution in [0.4, 0.5) is 0 Å². The van der Waals surface area contributed by atoms with Crippen LogP contribution in [-0.2, 0) is 9.53 Å². The van der Waals surface area contributed by atoms with Gasteiger partial charge < -0.3 is 19.3 Å². The Bertz CT molecular complexity index is 736. The fraction of sp³-hybridized carbons (Fsp3) is 0.263. The van der Waals surface area contributed by atoms with E-state index in [0.717, 1.165) is 0 Å². The Labute approximate surface area is 146 Å². The third kappa shape index (κ3) is 5.24. The molecule has 132 valence electrons. The van der Waals surface area contributed by atoms with Gasteiger partial charge in [0.05, 0.1) is 25.7 Å². The predicted molar refractivity (Wildman–Crippen MR) is 91.4 cm³/mol. The number of benzene rings is 2. The highest BCUT2D eigenvalue weighted by Crippen LogP contribution is 2.29. The molecule has 0 saturated carbocycles. The second kappa shape index (κ2) is 8.73. The molecule has 0 aliphatic carbocycles. The first-order chi connectivity index (χ1) is 12.0. The van der Waals surface area contributed by atoms with E-state index < -0.39 is 5.97 Å². The summed E-state index contributed by atoms with van der Waals surface area (Å²) in [6.45, 7) is 1.97. The number of ether oxygens (including phenoxy) is 3. The van der Waals surface area contributed by atoms with Crippen LogP contribution in [0.2, 0.25) is 0 Å². The Morgan fingerprint density at radius 3 is 2.24 bits per heavy atom. The van der Waals surface area contributed by atoms with Crippen LogP contribution in [0.3, 0.4) is 0 Å². The molecule has 0 aliphatic rings. The van der Waals surface area contributed by atoms with E-state index in [4.69, 9.17) is 14.2 Å². The largest absolute Gasteiger partial charge is 0.507 e. The molecule has 0 aromatic heterocycles. The first-order valence-electron chi connectivity index (χ1n) is 7.87. The van der Waals surface area contributed by atoms with Gasteiger partial charge in [0.1, 0.15) is 23.0 Å². The number of Topliss-reactive ketones (excluding diaryl/α,β-unsaturated/α-hetero) is 1. The average molecular weight is 344 g/mol. The van der Waals surface area contributed by atoms with Gasteiger partial charge in [0.25, 0.3) is 0 Å². The summed E-state index contributed by atoms with van der Waals surface area (Å²) in [5, 5.41) is 9.90. The average Bonchev–Trinajstić information content (AvgIpc) is 2.62. The Balaban J connectivity index is 2.08. The topological polar surface area (TPSA) is 82.1 Å². The summed E-state index contributed by atoms with van der Waals surface area (Å²) in [6.07, 6.45) is -0.0753. The Kier molecular flexibility index (Phi) is 6.39. The first kappa shape index (κ1) is 18.3. The van der Waals surface area contributed by atoms with Crippen LogP contribution in [-0.4, -0.2) is 30.6 Å². The number of carbonyl (C=O) groups is 2. The van der Waals surface area contributed by atoms with Gasteiger partial charge >= 0.3 is 5.97 Å². The van der Waals surface area contributed by atoms with Gasteiger partial charge in [-0.15, -0.1) is 0 Å². The normalized spacial score (nSPS) is 10.2. The summed E-state index contributed by atoms with van der Waals surface area (Å²) in [7, 11) is 1.57. The van der Waals surface area contributed by atoms with Gasteiger partial charge in [-0.3, -0.25) is 9.59 Å². The zero-order chi connectivity index (χ0) is 18.2. The van der Waals surface area contributed by atoms with E-state index in [9.17, 15) is 14.7 Å². The quantitative estimate of drug-likeness (QED) is 0.580. The molecule has 6 nitrogen and oxygen atoms in total. The molecule has 2 aromatic rings. The van der Waals surface area contributed by atoms with Gasteiger partial charge in [-0.25, -0.2) is 0 Å². The van der Waals surface area contributed by atoms with E-state index in [1.165, 1.54) is 12.1 Å². The van der Waals surface area contributed by atoms with Gasteiger partial charge in [0.15, 0.2) is 5.78 Å². The van der Waals surface area contributed by atoms with Crippen LogP contribution in [0.1, 0.15) is 30.1 Å². The molecule has 6 heteroatoms. The SMILES string of the molecule is CCOC(=O)CCC(=O)c1cc(Oc2ccc(OC)cc2)ccc1O. The lowest BCUT2D eigenvalue weighted by Gasteiger charge is -2.09. The number of methoxy groups -OCH3 is 1. The van der Waals surface area contributed by atoms with Crippen molar-refractivity contribution < 1.29 is 28.9 Å². The van der Waals surface area contributed by atoms with Crippen molar-refractivity contribution >= 4 is 11.8 Å². The molecule has 0 unspecified atom stereocenters. The molecule has 0 bridgehead atoms. The summed E-state index contributed by atoms with van der Waals surface area (Å²) < 4.78 is 15.5. The highest BCUT2D eigenvalue weighted by molar-refractivity contribution is 6.00. The fourth-order valence-corrected chi connectivity index (χ4v) is 2.17. The predicted octanol–water partition coefficient (Wildman–Crippen LogP) is 3.72. The number of esters is 1. The van der Waals surface area contributed by atoms with Crippen LogP contribution in [0, 0.1) is 0 Å². The molecule has 25 heavy (non-hydrogen) atoms. The number of ketones is 1. The van der Waals surface area contributed by atoms with Crippen molar-refractivity contribution in [2.24, 2.45) is 0 Å². The molecule has 0 heterocycles. The number of phenolic OH excluding ortho intramolecular Hbond substituents is 1. The smallest absolute Gasteiger partial charge is 0.306 e. The van der Waals surface area contributed by atoms with E-state index in [1.54, 1.807) is 44.4 Å². The van der Waals surface area contributed by atoms with Gasteiger partial charge in [-0.1, -0.05) is 0 Å². The molecule has 0 saturated heterocycles. The highest BCUT2D eigenvalue weighted by Gasteiger charge is 2.15. The van der Waals surface area contributed by atoms with Gasteiger partial charge in [0.2, 0.25) is 0 Å². The first-order valence-corrected chi connectivity index (χ1v) is 7.87. The molecule has 2 aromatic carbocycles. The maximum atomic E-state index is 12.2. The molecule has 0 amide bonds. The zero-order valence-electron chi connectivity index (χ0n) is 14.2. The standard InChI is InChI=1S/C19H20O6/c1-3-24-19(22)11-10-18(21)16-12-15(8-9-17(16)20)25-14-6-4-13(23-2)5-7-14/h4-9,12,20H,3,10-11H2,1-2H3. The van der Waals surface area contributed by atoms with Crippen LogP contribution >= 0.6 is 0 Å². The summed E-state index contributed by atoms with van der Waals surface area (Å²) in [4.78, 5) is 23.6. The molecule has 0 atom stereocenters. The third-order valence-electron chi connectivity index (χ3n) is 3.43. The lowest BCUT2D eigenvalue weighted by Crippen LogP contribution is -2.08. The van der Waals surface area contributed by atoms with E-state index >= 15 is 0 Å². The molecule has 0 spiro atoms. The monoisotopic (exact) mass is 344 g/mol. The Morgan fingerprint density at radius 2 is 1.60 bits per heavy atom. The van der Waals surface area contributed by atoms with Crippen molar-refractivity contribution in [3.05, 3.63) is 48.0 Å². The van der Waals surface area contributed by atoms with Gasteiger partial charge in [-0.2, -0.15) is 0 Å². The molecular weight excluding hydrogens is 324 g/mol. The molecule has 0 aliphatic heterocycles. The zero-order valence-corrected chi connectivity index (χ0v) is 14.2. The highest BCUT2D eigenvalue weighted by atomic mass is 16.5. The number of rotatable bonds is 8. The maximum absolute atomic E-state index is 12.2. The Morgan fingerprint density at radius 1 is 0.960 bits per heavy atom. The number of aromatic hydroxyl groups is 1. The molecular formula is C19H20O6. The lowest BCUT2D eigenvalue weighted by atomic mass is 10.1. The van der Waals surface area contributed by atoms with Crippen LogP contribution in [0.25, 0.3) is 0 Å². The van der Waals surface area contributed by atoms with Crippen molar-refractivity contribution in [2.75, 3.05) is 13.7 Å². The second-order valence-electron chi connectivity index (χ2n) is 5.18. The molecule has 0 radical (unpaired) electrons. The van der Waals surface area contributed by atoms with Crippen molar-refractivity contribution in [1.29, 1.82) is 0 Å². The van der Waals surface area contributed by atoms with Crippen molar-refractivity contribution in [1.82, 2.24) is 0 Å². The van der Waals surface area contributed by atoms with Crippen LogP contribution in [0.15, 0.2) is 42.5 Å². The minimum atomic E-state index is -0.444. The Hall–Kier alpha value is -3.02. The lowest BCUT2D eigenvalue weighted by molar-refractivity contribution is -0.143. The maximum Gasteiger partial charge on any atom is 0.306 e. The van der Waals surface area contributed by atoms with Crippen LogP contribution < -0.4 is 9.47 Å². The summed E-state index contributed by atoms with van der Waals surface area (Å²) in [6, 6.07) is 11.4. The number of carbonyl (C=O) groups excluding carboxylic acids is 2. The molecule has 0 fully saturated rings. The van der Waals surface area contributed by atoms with Crippen molar-refractivity contribution in [3.8, 4) is 23.0 Å². The van der Waals surface area contributed by atoms with Crippen molar-refractivity contribution in [2.45, 2.75) is 19.8 Å². The molecule has 1 N–H and O–H groups in total. The minimum Gasteiger partial charge on any atom is -0.507 e. The van der Waals surface area contributed by atoms with Gasteiger partial charge in [-0.05, 0) is 49.4 Å². The summed E-state index contributed by atoms with van der Waals surface area (Å²) in [5.41, 5.74) is 0.107. The van der Waals surface area contributed by atoms with E-state index in [1.807, 2.05) is 0 Å². The number of hydrogen-bond acceptors (Lipinski definition) is 6. The molecule has 2 rings (SSSR count). The minimum absolute atomic E-state index is 0.0321. The third-order valence-corrected chi connectivity index (χ3v) is 3.43. The summed E-state index contributed by atoms with van der Waals surface area (Å²) >= 11 is 0. The fourth-order valence-electron chi connectivity index (χ4n) is 2.17. The summed E-state index contributed by atoms with van der Waals surface area (Å²) in [5.74, 6) is 0.717. The number of phenols is 1. The van der Waals surface area contributed by atoms with Crippen LogP contribution in [0.5, 0.6) is 23.0 Å². The second-order valence-corrected chi connectivity index (χ2v) is 5.18. The number of hydrogen-bond donors (Lipinski definition) is 1. The van der Waals surface area contributed by atoms with Crippen molar-refractivity contribution in [3.63, 3.8) is 0 Å².